The number of aromatic nitrogens is 2. The molecule has 2 aromatic rings. The summed E-state index contributed by atoms with van der Waals surface area (Å²) in [6.45, 7) is 1.37. The van der Waals surface area contributed by atoms with Gasteiger partial charge in [-0.25, -0.2) is 8.42 Å². The minimum absolute atomic E-state index is 0.0671. The van der Waals surface area contributed by atoms with Crippen LogP contribution in [0.5, 0.6) is 11.8 Å². The number of nitrogens with zero attached hydrogens (tertiary/aromatic N) is 4. The Labute approximate surface area is 166 Å². The lowest BCUT2D eigenvalue weighted by Crippen LogP contribution is -2.40. The number of nitro groups is 1. The van der Waals surface area contributed by atoms with Gasteiger partial charge in [0.25, 0.3) is 0 Å². The lowest BCUT2D eigenvalue weighted by Gasteiger charge is -2.26. The van der Waals surface area contributed by atoms with Crippen molar-refractivity contribution in [3.05, 3.63) is 40.6 Å². The minimum atomic E-state index is -3.60. The Morgan fingerprint density at radius 1 is 1.21 bits per heavy atom. The molecule has 1 aliphatic carbocycles. The van der Waals surface area contributed by atoms with Gasteiger partial charge in [0.05, 0.1) is 23.0 Å². The summed E-state index contributed by atoms with van der Waals surface area (Å²) >= 11 is 0. The molecular weight excluding hydrogens is 402 g/mol. The molecule has 0 radical (unpaired) electrons. The first kappa shape index (κ1) is 19.5. The highest BCUT2D eigenvalue weighted by atomic mass is 32.2. The lowest BCUT2D eigenvalue weighted by atomic mass is 10.3. The van der Waals surface area contributed by atoms with Crippen LogP contribution in [0.1, 0.15) is 12.8 Å². The molecule has 1 N–H and O–H groups in total. The molecule has 0 unspecified atom stereocenters. The third-order valence-corrected chi connectivity index (χ3v) is 6.42. The zero-order chi connectivity index (χ0) is 20.4. The fourth-order valence-corrected chi connectivity index (χ4v) is 4.20. The number of benzene rings is 1. The Morgan fingerprint density at radius 2 is 1.90 bits per heavy atom. The van der Waals surface area contributed by atoms with Crippen LogP contribution >= 0.6 is 0 Å². The number of sulfonamides is 1. The van der Waals surface area contributed by atoms with Crippen LogP contribution in [0.2, 0.25) is 0 Å². The van der Waals surface area contributed by atoms with Crippen molar-refractivity contribution in [1.29, 1.82) is 0 Å². The maximum atomic E-state index is 12.6. The number of nitrogens with one attached hydrogen (secondary N) is 1. The van der Waals surface area contributed by atoms with E-state index >= 15 is 0 Å². The summed E-state index contributed by atoms with van der Waals surface area (Å²) in [6, 6.07) is 5.96. The van der Waals surface area contributed by atoms with Gasteiger partial charge in [0.1, 0.15) is 11.9 Å². The van der Waals surface area contributed by atoms with Crippen LogP contribution in [-0.4, -0.2) is 60.0 Å². The van der Waals surface area contributed by atoms with E-state index in [1.807, 2.05) is 0 Å². The fraction of sp³-hybridized carbons (Fsp3) is 0.412. The van der Waals surface area contributed by atoms with E-state index in [4.69, 9.17) is 9.47 Å². The van der Waals surface area contributed by atoms with E-state index in [0.717, 1.165) is 19.0 Å². The third-order valence-electron chi connectivity index (χ3n) is 4.50. The summed E-state index contributed by atoms with van der Waals surface area (Å²) in [5.74, 6) is 0.422. The van der Waals surface area contributed by atoms with E-state index in [1.165, 1.54) is 28.6 Å². The van der Waals surface area contributed by atoms with Crippen molar-refractivity contribution < 1.29 is 22.8 Å². The van der Waals surface area contributed by atoms with E-state index in [0.29, 0.717) is 32.1 Å². The summed E-state index contributed by atoms with van der Waals surface area (Å²) in [7, 11) is -3.60. The molecule has 2 heterocycles. The zero-order valence-corrected chi connectivity index (χ0v) is 16.2. The predicted molar refractivity (Wildman–Crippen MR) is 101 cm³/mol. The van der Waals surface area contributed by atoms with Gasteiger partial charge >= 0.3 is 11.7 Å². The average molecular weight is 421 g/mol. The molecule has 0 atom stereocenters. The monoisotopic (exact) mass is 421 g/mol. The first-order chi connectivity index (χ1) is 13.9. The van der Waals surface area contributed by atoms with Crippen LogP contribution in [0.25, 0.3) is 0 Å². The Bertz CT molecular complexity index is 1000. The van der Waals surface area contributed by atoms with Gasteiger partial charge < -0.3 is 14.8 Å². The largest absolute Gasteiger partial charge is 0.424 e. The SMILES string of the molecule is O=[N+]([O-])c1cnc(Oc2ccc(S(=O)(=O)N3CCOCC3)cc2)nc1NC1CC1. The molecule has 2 aliphatic rings. The van der Waals surface area contributed by atoms with Gasteiger partial charge in [-0.15, -0.1) is 0 Å². The second-order valence-electron chi connectivity index (χ2n) is 6.65. The first-order valence-electron chi connectivity index (χ1n) is 9.07. The third kappa shape index (κ3) is 4.44. The van der Waals surface area contributed by atoms with Crippen molar-refractivity contribution in [3.8, 4) is 11.8 Å². The standard InChI is InChI=1S/C17H19N5O6S/c23-22(24)15-11-18-17(20-16(15)19-12-1-2-12)28-13-3-5-14(6-4-13)29(25,26)21-7-9-27-10-8-21/h3-6,11-12H,1-2,7-10H2,(H,18,19,20). The van der Waals surface area contributed by atoms with Crippen LogP contribution in [0, 0.1) is 10.1 Å². The van der Waals surface area contributed by atoms with Crippen molar-refractivity contribution in [3.63, 3.8) is 0 Å². The fourth-order valence-electron chi connectivity index (χ4n) is 2.79. The van der Waals surface area contributed by atoms with Crippen LogP contribution in [0.4, 0.5) is 11.5 Å². The van der Waals surface area contributed by atoms with Crippen molar-refractivity contribution >= 4 is 21.5 Å². The summed E-state index contributed by atoms with van der Waals surface area (Å²) in [4.78, 5) is 18.7. The highest BCUT2D eigenvalue weighted by molar-refractivity contribution is 7.89. The molecule has 12 heteroatoms. The molecule has 4 rings (SSSR count). The summed E-state index contributed by atoms with van der Waals surface area (Å²) in [5.41, 5.74) is -0.226. The second-order valence-corrected chi connectivity index (χ2v) is 8.59. The van der Waals surface area contributed by atoms with Crippen LogP contribution in [-0.2, 0) is 14.8 Å². The lowest BCUT2D eigenvalue weighted by molar-refractivity contribution is -0.384. The second kappa shape index (κ2) is 7.89. The maximum Gasteiger partial charge on any atom is 0.329 e. The number of rotatable bonds is 7. The van der Waals surface area contributed by atoms with E-state index in [9.17, 15) is 18.5 Å². The minimum Gasteiger partial charge on any atom is -0.424 e. The number of morpholine rings is 1. The van der Waals surface area contributed by atoms with Gasteiger partial charge in [-0.05, 0) is 37.1 Å². The van der Waals surface area contributed by atoms with Crippen LogP contribution in [0.3, 0.4) is 0 Å². The highest BCUT2D eigenvalue weighted by Gasteiger charge is 2.28. The molecule has 0 spiro atoms. The quantitative estimate of drug-likeness (QED) is 0.524. The molecular formula is C17H19N5O6S. The maximum absolute atomic E-state index is 12.6. The topological polar surface area (TPSA) is 137 Å². The molecule has 0 bridgehead atoms. The Kier molecular flexibility index (Phi) is 5.30. The molecule has 1 saturated heterocycles. The van der Waals surface area contributed by atoms with Crippen LogP contribution < -0.4 is 10.1 Å². The Morgan fingerprint density at radius 3 is 2.52 bits per heavy atom. The predicted octanol–water partition coefficient (Wildman–Crippen LogP) is 1.77. The first-order valence-corrected chi connectivity index (χ1v) is 10.5. The van der Waals surface area contributed by atoms with Crippen LogP contribution in [0.15, 0.2) is 35.4 Å². The molecule has 1 saturated carbocycles. The summed E-state index contributed by atoms with van der Waals surface area (Å²) in [5, 5.41) is 14.1. The molecule has 0 amide bonds. The smallest absolute Gasteiger partial charge is 0.329 e. The van der Waals surface area contributed by atoms with Crippen molar-refractivity contribution in [2.45, 2.75) is 23.8 Å². The Balaban J connectivity index is 1.50. The van der Waals surface area contributed by atoms with E-state index < -0.39 is 14.9 Å². The number of ether oxygens (including phenoxy) is 2. The molecule has 29 heavy (non-hydrogen) atoms. The van der Waals surface area contributed by atoms with Gasteiger partial charge in [-0.2, -0.15) is 14.3 Å². The van der Waals surface area contributed by atoms with E-state index in [2.05, 4.69) is 15.3 Å². The number of hydrogen-bond acceptors (Lipinski definition) is 9. The normalized spacial score (nSPS) is 17.7. The van der Waals surface area contributed by atoms with Gasteiger partial charge in [0.2, 0.25) is 15.8 Å². The molecule has 1 aromatic carbocycles. The molecule has 11 nitrogen and oxygen atoms in total. The van der Waals surface area contributed by atoms with E-state index in [1.54, 1.807) is 0 Å². The molecule has 1 aliphatic heterocycles. The number of anilines is 1. The van der Waals surface area contributed by atoms with E-state index in [-0.39, 0.29) is 28.5 Å². The van der Waals surface area contributed by atoms with Gasteiger partial charge in [0, 0.05) is 19.1 Å². The Hall–Kier alpha value is -2.83. The average Bonchev–Trinajstić information content (AvgIpc) is 3.53. The van der Waals surface area contributed by atoms with Crippen molar-refractivity contribution in [2.75, 3.05) is 31.6 Å². The number of hydrogen-bond donors (Lipinski definition) is 1. The summed E-state index contributed by atoms with van der Waals surface area (Å²) < 4.78 is 37.4. The summed E-state index contributed by atoms with van der Waals surface area (Å²) in [6.07, 6.45) is 2.94. The van der Waals surface area contributed by atoms with Crippen molar-refractivity contribution in [2.24, 2.45) is 0 Å². The van der Waals surface area contributed by atoms with Gasteiger partial charge in [-0.1, -0.05) is 0 Å². The molecule has 2 fully saturated rings. The van der Waals surface area contributed by atoms with Gasteiger partial charge in [0.15, 0.2) is 0 Å². The zero-order valence-electron chi connectivity index (χ0n) is 15.4. The molecule has 1 aromatic heterocycles. The van der Waals surface area contributed by atoms with Gasteiger partial charge in [-0.3, -0.25) is 10.1 Å². The molecule has 154 valence electrons. The van der Waals surface area contributed by atoms with Crippen molar-refractivity contribution in [1.82, 2.24) is 14.3 Å². The highest BCUT2D eigenvalue weighted by Crippen LogP contribution is 2.31.